The van der Waals surface area contributed by atoms with E-state index >= 15 is 0 Å². The van der Waals surface area contributed by atoms with Gasteiger partial charge in [-0.25, -0.2) is 0 Å². The average Bonchev–Trinajstić information content (AvgIpc) is 2.06. The van der Waals surface area contributed by atoms with Crippen molar-refractivity contribution < 1.29 is 0 Å². The van der Waals surface area contributed by atoms with Crippen molar-refractivity contribution in [2.24, 2.45) is 0 Å². The third-order valence-electron chi connectivity index (χ3n) is 1.96. The van der Waals surface area contributed by atoms with E-state index in [0.717, 1.165) is 18.7 Å². The molecule has 0 bridgehead atoms. The minimum atomic E-state index is 0.984. The molecule has 56 valence electrons. The van der Waals surface area contributed by atoms with Crippen molar-refractivity contribution in [3.8, 4) is 0 Å². The summed E-state index contributed by atoms with van der Waals surface area (Å²) < 4.78 is 0. The topological polar surface area (TPSA) is 24.9 Å². The lowest BCUT2D eigenvalue weighted by atomic mass is 10.0. The Bertz CT molecular complexity index is 291. The van der Waals surface area contributed by atoms with Gasteiger partial charge in [-0.15, -0.1) is 0 Å². The van der Waals surface area contributed by atoms with Crippen LogP contribution < -0.4 is 5.32 Å². The summed E-state index contributed by atoms with van der Waals surface area (Å²) >= 11 is 0. The average molecular weight is 146 g/mol. The largest absolute Gasteiger partial charge is 0.385 e. The van der Waals surface area contributed by atoms with Crippen molar-refractivity contribution in [2.75, 3.05) is 6.54 Å². The summed E-state index contributed by atoms with van der Waals surface area (Å²) in [5.74, 6) is 0. The summed E-state index contributed by atoms with van der Waals surface area (Å²) in [5.41, 5.74) is 3.54. The Balaban J connectivity index is 2.52. The molecule has 2 heterocycles. The van der Waals surface area contributed by atoms with Crippen LogP contribution in [0.5, 0.6) is 0 Å². The van der Waals surface area contributed by atoms with Crippen LogP contribution in [0.15, 0.2) is 25.0 Å². The van der Waals surface area contributed by atoms with Gasteiger partial charge in [-0.2, -0.15) is 0 Å². The molecular formula is C9H10N2. The Morgan fingerprint density at radius 1 is 1.55 bits per heavy atom. The molecule has 1 aliphatic heterocycles. The third-order valence-corrected chi connectivity index (χ3v) is 1.96. The highest BCUT2D eigenvalue weighted by atomic mass is 14.9. The summed E-state index contributed by atoms with van der Waals surface area (Å²) in [6.45, 7) is 4.90. The normalized spacial score (nSPS) is 15.5. The summed E-state index contributed by atoms with van der Waals surface area (Å²) in [4.78, 5) is 4.06. The minimum absolute atomic E-state index is 0.984. The van der Waals surface area contributed by atoms with Crippen molar-refractivity contribution in [1.82, 2.24) is 10.3 Å². The zero-order chi connectivity index (χ0) is 7.68. The fourth-order valence-electron chi connectivity index (χ4n) is 1.36. The molecule has 0 saturated heterocycles. The van der Waals surface area contributed by atoms with Gasteiger partial charge in [-0.1, -0.05) is 6.58 Å². The van der Waals surface area contributed by atoms with Crippen molar-refractivity contribution in [3.63, 3.8) is 0 Å². The first-order valence-electron chi connectivity index (χ1n) is 3.74. The number of rotatable bonds is 0. The van der Waals surface area contributed by atoms with Crippen LogP contribution in [-0.2, 0) is 6.42 Å². The molecule has 0 aliphatic carbocycles. The Kier molecular flexibility index (Phi) is 1.39. The molecule has 1 N–H and O–H groups in total. The highest BCUT2D eigenvalue weighted by Crippen LogP contribution is 2.18. The van der Waals surface area contributed by atoms with Gasteiger partial charge >= 0.3 is 0 Å². The van der Waals surface area contributed by atoms with Crippen LogP contribution in [0, 0.1) is 0 Å². The van der Waals surface area contributed by atoms with Gasteiger partial charge in [0.2, 0.25) is 0 Å². The smallest absolute Gasteiger partial charge is 0.0344 e. The van der Waals surface area contributed by atoms with Gasteiger partial charge in [-0.05, 0) is 18.1 Å². The molecular weight excluding hydrogens is 136 g/mol. The second-order valence-corrected chi connectivity index (χ2v) is 2.69. The maximum atomic E-state index is 4.06. The molecule has 0 radical (unpaired) electrons. The lowest BCUT2D eigenvalue weighted by Gasteiger charge is -2.18. The summed E-state index contributed by atoms with van der Waals surface area (Å²) in [6, 6.07) is 2.00. The van der Waals surface area contributed by atoms with Crippen molar-refractivity contribution >= 4 is 5.70 Å². The number of hydrogen-bond donors (Lipinski definition) is 1. The standard InChI is InChI=1S/C9H10N2/c1-7-9-3-4-10-6-8(9)2-5-11-7/h3-4,6,11H,1-2,5H2. The van der Waals surface area contributed by atoms with E-state index in [2.05, 4.69) is 16.9 Å². The van der Waals surface area contributed by atoms with Gasteiger partial charge in [0, 0.05) is 30.2 Å². The van der Waals surface area contributed by atoms with Crippen LogP contribution in [0.2, 0.25) is 0 Å². The van der Waals surface area contributed by atoms with Crippen molar-refractivity contribution in [3.05, 3.63) is 36.2 Å². The number of hydrogen-bond acceptors (Lipinski definition) is 2. The minimum Gasteiger partial charge on any atom is -0.385 e. The predicted octanol–water partition coefficient (Wildman–Crippen LogP) is 1.20. The van der Waals surface area contributed by atoms with Gasteiger partial charge < -0.3 is 5.32 Å². The molecule has 0 spiro atoms. The van der Waals surface area contributed by atoms with E-state index in [1.165, 1.54) is 11.1 Å². The van der Waals surface area contributed by atoms with Gasteiger partial charge in [-0.3, -0.25) is 4.98 Å². The van der Waals surface area contributed by atoms with Gasteiger partial charge in [0.25, 0.3) is 0 Å². The Hall–Kier alpha value is -1.31. The maximum Gasteiger partial charge on any atom is 0.0344 e. The monoisotopic (exact) mass is 146 g/mol. The molecule has 2 nitrogen and oxygen atoms in total. The molecule has 1 aromatic rings. The van der Waals surface area contributed by atoms with E-state index < -0.39 is 0 Å². The van der Waals surface area contributed by atoms with Crippen LogP contribution in [0.1, 0.15) is 11.1 Å². The van der Waals surface area contributed by atoms with Crippen LogP contribution in [0.4, 0.5) is 0 Å². The molecule has 1 aliphatic rings. The second kappa shape index (κ2) is 2.38. The number of nitrogens with one attached hydrogen (secondary N) is 1. The Morgan fingerprint density at radius 2 is 2.45 bits per heavy atom. The Labute approximate surface area is 66.0 Å². The highest BCUT2D eigenvalue weighted by molar-refractivity contribution is 5.65. The molecule has 11 heavy (non-hydrogen) atoms. The lowest BCUT2D eigenvalue weighted by molar-refractivity contribution is 0.811. The van der Waals surface area contributed by atoms with Crippen LogP contribution in [0.25, 0.3) is 5.70 Å². The van der Waals surface area contributed by atoms with Crippen molar-refractivity contribution in [1.29, 1.82) is 0 Å². The van der Waals surface area contributed by atoms with Crippen LogP contribution in [0.3, 0.4) is 0 Å². The summed E-state index contributed by atoms with van der Waals surface area (Å²) in [5, 5.41) is 3.22. The summed E-state index contributed by atoms with van der Waals surface area (Å²) in [6.07, 6.45) is 4.78. The van der Waals surface area contributed by atoms with Gasteiger partial charge in [0.15, 0.2) is 0 Å². The first-order valence-corrected chi connectivity index (χ1v) is 3.74. The van der Waals surface area contributed by atoms with E-state index in [1.54, 1.807) is 6.20 Å². The van der Waals surface area contributed by atoms with Crippen LogP contribution >= 0.6 is 0 Å². The molecule has 1 aromatic heterocycles. The van der Waals surface area contributed by atoms with E-state index in [-0.39, 0.29) is 0 Å². The zero-order valence-electron chi connectivity index (χ0n) is 6.30. The first-order chi connectivity index (χ1) is 5.38. The molecule has 0 unspecified atom stereocenters. The maximum absolute atomic E-state index is 4.06. The first kappa shape index (κ1) is 6.40. The van der Waals surface area contributed by atoms with E-state index in [9.17, 15) is 0 Å². The molecule has 0 atom stereocenters. The number of pyridine rings is 1. The molecule has 0 aromatic carbocycles. The fourth-order valence-corrected chi connectivity index (χ4v) is 1.36. The Morgan fingerprint density at radius 3 is 3.27 bits per heavy atom. The predicted molar refractivity (Wildman–Crippen MR) is 45.0 cm³/mol. The summed E-state index contributed by atoms with van der Waals surface area (Å²) in [7, 11) is 0. The number of fused-ring (bicyclic) bond motifs is 1. The molecule has 0 saturated carbocycles. The number of nitrogens with zero attached hydrogens (tertiary/aromatic N) is 1. The van der Waals surface area contributed by atoms with E-state index in [4.69, 9.17) is 0 Å². The van der Waals surface area contributed by atoms with Gasteiger partial charge in [0.1, 0.15) is 0 Å². The fraction of sp³-hybridized carbons (Fsp3) is 0.222. The molecule has 2 heteroatoms. The third kappa shape index (κ3) is 1.00. The highest BCUT2D eigenvalue weighted by Gasteiger charge is 2.09. The number of aromatic nitrogens is 1. The van der Waals surface area contributed by atoms with E-state index in [0.29, 0.717) is 0 Å². The second-order valence-electron chi connectivity index (χ2n) is 2.69. The SMILES string of the molecule is C=C1NCCc2cnccc21. The van der Waals surface area contributed by atoms with Crippen molar-refractivity contribution in [2.45, 2.75) is 6.42 Å². The lowest BCUT2D eigenvalue weighted by Crippen LogP contribution is -2.21. The molecule has 2 rings (SSSR count). The quantitative estimate of drug-likeness (QED) is 0.595. The molecule has 0 fully saturated rings. The van der Waals surface area contributed by atoms with Crippen LogP contribution in [-0.4, -0.2) is 11.5 Å². The van der Waals surface area contributed by atoms with Gasteiger partial charge in [0.05, 0.1) is 0 Å². The van der Waals surface area contributed by atoms with E-state index in [1.807, 2.05) is 12.3 Å². The molecule has 0 amide bonds. The zero-order valence-corrected chi connectivity index (χ0v) is 6.30.